The summed E-state index contributed by atoms with van der Waals surface area (Å²) in [5.74, 6) is 0.854. The van der Waals surface area contributed by atoms with Gasteiger partial charge in [0.2, 0.25) is 5.01 Å². The summed E-state index contributed by atoms with van der Waals surface area (Å²) in [6, 6.07) is 16.6. The van der Waals surface area contributed by atoms with E-state index in [0.717, 1.165) is 16.7 Å². The number of hydrogen-bond acceptors (Lipinski definition) is 6. The van der Waals surface area contributed by atoms with Crippen LogP contribution in [-0.4, -0.2) is 23.2 Å². The van der Waals surface area contributed by atoms with E-state index in [1.165, 1.54) is 0 Å². The van der Waals surface area contributed by atoms with E-state index in [9.17, 15) is 4.79 Å². The van der Waals surface area contributed by atoms with Gasteiger partial charge in [0.25, 0.3) is 5.91 Å². The van der Waals surface area contributed by atoms with Crippen LogP contribution >= 0.6 is 22.9 Å². The summed E-state index contributed by atoms with van der Waals surface area (Å²) in [7, 11) is 1.59. The Kier molecular flexibility index (Phi) is 5.10. The van der Waals surface area contributed by atoms with Crippen molar-refractivity contribution in [3.05, 3.63) is 70.4 Å². The zero-order valence-electron chi connectivity index (χ0n) is 14.7. The van der Waals surface area contributed by atoms with Gasteiger partial charge in [0.05, 0.1) is 12.1 Å². The van der Waals surface area contributed by atoms with Crippen LogP contribution in [0.2, 0.25) is 0 Å². The van der Waals surface area contributed by atoms with Gasteiger partial charge in [0, 0.05) is 17.1 Å². The fourth-order valence-electron chi connectivity index (χ4n) is 2.59. The molecule has 0 bridgehead atoms. The van der Waals surface area contributed by atoms with Crippen LogP contribution < -0.4 is 10.1 Å². The molecule has 0 fully saturated rings. The van der Waals surface area contributed by atoms with Crippen molar-refractivity contribution in [1.29, 1.82) is 0 Å². The fourth-order valence-corrected chi connectivity index (χ4v) is 3.50. The summed E-state index contributed by atoms with van der Waals surface area (Å²) in [5, 5.41) is 12.6. The predicted molar refractivity (Wildman–Crippen MR) is 111 cm³/mol. The summed E-state index contributed by atoms with van der Waals surface area (Å²) >= 11 is 7.47. The Morgan fingerprint density at radius 2 is 1.93 bits per heavy atom. The lowest BCUT2D eigenvalue weighted by Crippen LogP contribution is -2.11. The average molecular weight is 412 g/mol. The van der Waals surface area contributed by atoms with Crippen molar-refractivity contribution < 1.29 is 13.9 Å². The van der Waals surface area contributed by atoms with Gasteiger partial charge in [-0.2, -0.15) is 0 Å². The molecule has 4 aromatic rings. The van der Waals surface area contributed by atoms with Crippen LogP contribution in [0.1, 0.15) is 20.6 Å². The molecule has 0 saturated heterocycles. The molecule has 2 aromatic heterocycles. The first-order valence-corrected chi connectivity index (χ1v) is 9.47. The lowest BCUT2D eigenvalue weighted by atomic mass is 10.2. The number of nitrogens with one attached hydrogen (secondary N) is 1. The third-order valence-corrected chi connectivity index (χ3v) is 5.23. The molecule has 6 nitrogen and oxygen atoms in total. The van der Waals surface area contributed by atoms with Gasteiger partial charge >= 0.3 is 0 Å². The number of para-hydroxylation sites is 2. The van der Waals surface area contributed by atoms with E-state index in [-0.39, 0.29) is 10.9 Å². The van der Waals surface area contributed by atoms with E-state index in [2.05, 4.69) is 15.5 Å². The molecule has 0 unspecified atom stereocenters. The van der Waals surface area contributed by atoms with E-state index >= 15 is 0 Å². The zero-order chi connectivity index (χ0) is 19.5. The van der Waals surface area contributed by atoms with Crippen LogP contribution in [0.3, 0.4) is 0 Å². The highest BCUT2D eigenvalue weighted by Crippen LogP contribution is 2.32. The SMILES string of the molecule is COc1cccc2cc(/C=C(\Cl)c3nnc(C(=O)Nc4ccccc4)s3)oc12. The third-order valence-electron chi connectivity index (χ3n) is 3.87. The second-order valence-electron chi connectivity index (χ2n) is 5.75. The Bertz CT molecular complexity index is 1170. The highest BCUT2D eigenvalue weighted by molar-refractivity contribution is 7.15. The average Bonchev–Trinajstić information content (AvgIpc) is 3.35. The van der Waals surface area contributed by atoms with Gasteiger partial charge in [-0.3, -0.25) is 4.79 Å². The molecular formula is C20H14ClN3O3S. The van der Waals surface area contributed by atoms with Crippen molar-refractivity contribution in [3.63, 3.8) is 0 Å². The van der Waals surface area contributed by atoms with Gasteiger partial charge in [-0.05, 0) is 24.3 Å². The summed E-state index contributed by atoms with van der Waals surface area (Å²) in [6.45, 7) is 0. The van der Waals surface area contributed by atoms with Crippen LogP contribution in [-0.2, 0) is 0 Å². The highest BCUT2D eigenvalue weighted by atomic mass is 35.5. The summed E-state index contributed by atoms with van der Waals surface area (Å²) in [4.78, 5) is 12.3. The number of amides is 1. The molecule has 4 rings (SSSR count). The molecule has 0 aliphatic rings. The van der Waals surface area contributed by atoms with E-state index < -0.39 is 0 Å². The molecular weight excluding hydrogens is 398 g/mol. The molecule has 8 heteroatoms. The van der Waals surface area contributed by atoms with Crippen LogP contribution in [0.4, 0.5) is 5.69 Å². The molecule has 0 saturated carbocycles. The Balaban J connectivity index is 1.55. The Hall–Kier alpha value is -3.16. The molecule has 1 amide bonds. The van der Waals surface area contributed by atoms with Gasteiger partial charge in [-0.1, -0.05) is 53.3 Å². The minimum atomic E-state index is -0.340. The van der Waals surface area contributed by atoms with Crippen molar-refractivity contribution >= 4 is 56.6 Å². The fraction of sp³-hybridized carbons (Fsp3) is 0.0500. The lowest BCUT2D eigenvalue weighted by Gasteiger charge is -2.00. The number of ether oxygens (including phenoxy) is 1. The van der Waals surface area contributed by atoms with Gasteiger partial charge in [-0.15, -0.1) is 10.2 Å². The molecule has 0 radical (unpaired) electrons. The molecule has 2 heterocycles. The smallest absolute Gasteiger partial charge is 0.286 e. The maximum atomic E-state index is 12.3. The molecule has 0 atom stereocenters. The number of halogens is 1. The summed E-state index contributed by atoms with van der Waals surface area (Å²) in [6.07, 6.45) is 1.64. The minimum Gasteiger partial charge on any atom is -0.493 e. The number of nitrogens with zero attached hydrogens (tertiary/aromatic N) is 2. The van der Waals surface area contributed by atoms with Crippen LogP contribution in [0, 0.1) is 0 Å². The van der Waals surface area contributed by atoms with Gasteiger partial charge < -0.3 is 14.5 Å². The molecule has 28 heavy (non-hydrogen) atoms. The van der Waals surface area contributed by atoms with E-state index in [0.29, 0.717) is 32.8 Å². The standard InChI is InChI=1S/C20H14ClN3O3S/c1-26-16-9-5-6-12-10-14(27-17(12)16)11-15(21)19-23-24-20(28-19)18(25)22-13-7-3-2-4-8-13/h2-11H,1H3,(H,22,25)/b15-11-. The lowest BCUT2D eigenvalue weighted by molar-refractivity contribution is 0.102. The Morgan fingerprint density at radius 3 is 2.71 bits per heavy atom. The number of rotatable bonds is 5. The minimum absolute atomic E-state index is 0.219. The summed E-state index contributed by atoms with van der Waals surface area (Å²) in [5.41, 5.74) is 1.32. The first-order chi connectivity index (χ1) is 13.6. The zero-order valence-corrected chi connectivity index (χ0v) is 16.3. The van der Waals surface area contributed by atoms with Crippen molar-refractivity contribution in [2.45, 2.75) is 0 Å². The van der Waals surface area contributed by atoms with Gasteiger partial charge in [0.1, 0.15) is 5.76 Å². The third kappa shape index (κ3) is 3.76. The molecule has 0 spiro atoms. The number of furan rings is 1. The number of carbonyl (C=O) groups is 1. The van der Waals surface area contributed by atoms with Crippen molar-refractivity contribution in [2.75, 3.05) is 12.4 Å². The first-order valence-electron chi connectivity index (χ1n) is 8.28. The van der Waals surface area contributed by atoms with E-state index in [1.807, 2.05) is 42.5 Å². The van der Waals surface area contributed by atoms with Crippen molar-refractivity contribution in [1.82, 2.24) is 10.2 Å². The maximum Gasteiger partial charge on any atom is 0.286 e. The Morgan fingerprint density at radius 1 is 1.14 bits per heavy atom. The Labute approximate surface area is 169 Å². The number of hydrogen-bond donors (Lipinski definition) is 1. The quantitative estimate of drug-likeness (QED) is 0.483. The number of benzene rings is 2. The molecule has 0 aliphatic carbocycles. The maximum absolute atomic E-state index is 12.3. The number of aromatic nitrogens is 2. The van der Waals surface area contributed by atoms with Gasteiger partial charge in [-0.25, -0.2) is 0 Å². The number of fused-ring (bicyclic) bond motifs is 1. The first kappa shape index (κ1) is 18.2. The van der Waals surface area contributed by atoms with Gasteiger partial charge in [0.15, 0.2) is 16.3 Å². The number of anilines is 1. The van der Waals surface area contributed by atoms with Crippen molar-refractivity contribution in [3.8, 4) is 5.75 Å². The second-order valence-corrected chi connectivity index (χ2v) is 7.14. The largest absolute Gasteiger partial charge is 0.493 e. The number of methoxy groups -OCH3 is 1. The predicted octanol–water partition coefficient (Wildman–Crippen LogP) is 5.28. The second kappa shape index (κ2) is 7.84. The van der Waals surface area contributed by atoms with Crippen LogP contribution in [0.5, 0.6) is 5.75 Å². The van der Waals surface area contributed by atoms with Crippen LogP contribution in [0.15, 0.2) is 59.0 Å². The van der Waals surface area contributed by atoms with Crippen molar-refractivity contribution in [2.24, 2.45) is 0 Å². The number of carbonyl (C=O) groups excluding carboxylic acids is 1. The topological polar surface area (TPSA) is 77.2 Å². The monoisotopic (exact) mass is 411 g/mol. The highest BCUT2D eigenvalue weighted by Gasteiger charge is 2.15. The van der Waals surface area contributed by atoms with E-state index in [4.69, 9.17) is 20.8 Å². The molecule has 140 valence electrons. The van der Waals surface area contributed by atoms with Crippen LogP contribution in [0.25, 0.3) is 22.1 Å². The molecule has 2 aromatic carbocycles. The summed E-state index contributed by atoms with van der Waals surface area (Å²) < 4.78 is 11.1. The molecule has 0 aliphatic heterocycles. The normalized spacial score (nSPS) is 11.6. The van der Waals surface area contributed by atoms with E-state index in [1.54, 1.807) is 25.3 Å². The molecule has 1 N–H and O–H groups in total.